The maximum atomic E-state index is 12.8. The number of hydrogen-bond donors (Lipinski definition) is 1. The van der Waals surface area contributed by atoms with E-state index in [-0.39, 0.29) is 23.8 Å². The summed E-state index contributed by atoms with van der Waals surface area (Å²) in [5.41, 5.74) is 0.258. The summed E-state index contributed by atoms with van der Waals surface area (Å²) >= 11 is 6.05. The second kappa shape index (κ2) is 11.9. The highest BCUT2D eigenvalue weighted by atomic mass is 35.5. The standard InChI is InChI=1S/C23H24ClNO7/c1-3-31-22(27)19(15(2)26)20(17-10-7-11-18(24)14-17)21(25(29)30)23(28)32-13-12-16-8-5-4-6-9-16/h4-11,14,19-20H,3,12-13H2,1-2H3,(H,29,30). The summed E-state index contributed by atoms with van der Waals surface area (Å²) in [5, 5.41) is 22.1. The van der Waals surface area contributed by atoms with Crippen molar-refractivity contribution in [3.8, 4) is 0 Å². The number of benzene rings is 2. The van der Waals surface area contributed by atoms with Crippen LogP contribution < -0.4 is 0 Å². The van der Waals surface area contributed by atoms with Crippen LogP contribution in [0.2, 0.25) is 5.02 Å². The number of carbonyl (C=O) groups is 3. The largest absolute Gasteiger partial charge is 0.465 e. The number of halogens is 1. The molecular formula is C23H24ClNO7. The molecule has 9 heteroatoms. The molecule has 0 amide bonds. The first-order valence-corrected chi connectivity index (χ1v) is 10.3. The lowest BCUT2D eigenvalue weighted by atomic mass is 9.80. The van der Waals surface area contributed by atoms with Gasteiger partial charge in [0.2, 0.25) is 0 Å². The molecule has 0 aliphatic heterocycles. The van der Waals surface area contributed by atoms with Crippen molar-refractivity contribution in [2.75, 3.05) is 13.2 Å². The molecule has 8 nitrogen and oxygen atoms in total. The van der Waals surface area contributed by atoms with Gasteiger partial charge in [-0.2, -0.15) is 0 Å². The van der Waals surface area contributed by atoms with E-state index in [1.807, 2.05) is 30.3 Å². The van der Waals surface area contributed by atoms with Crippen molar-refractivity contribution in [2.24, 2.45) is 5.92 Å². The molecule has 0 saturated carbocycles. The number of esters is 2. The summed E-state index contributed by atoms with van der Waals surface area (Å²) in [7, 11) is 0. The zero-order chi connectivity index (χ0) is 23.7. The summed E-state index contributed by atoms with van der Waals surface area (Å²) in [5.74, 6) is -5.82. The van der Waals surface area contributed by atoms with Crippen LogP contribution in [0.4, 0.5) is 0 Å². The van der Waals surface area contributed by atoms with Crippen LogP contribution in [0.3, 0.4) is 0 Å². The Labute approximate surface area is 190 Å². The molecule has 1 N–H and O–H groups in total. The third kappa shape index (κ3) is 6.55. The number of hydrogen-bond acceptors (Lipinski definition) is 7. The third-order valence-corrected chi connectivity index (χ3v) is 4.93. The van der Waals surface area contributed by atoms with Gasteiger partial charge in [0.25, 0.3) is 0 Å². The van der Waals surface area contributed by atoms with Gasteiger partial charge in [0.1, 0.15) is 17.6 Å². The molecule has 2 aromatic carbocycles. The minimum absolute atomic E-state index is 0.0258. The molecular weight excluding hydrogens is 438 g/mol. The van der Waals surface area contributed by atoms with E-state index >= 15 is 0 Å². The van der Waals surface area contributed by atoms with Crippen molar-refractivity contribution in [2.45, 2.75) is 26.2 Å². The topological polar surface area (TPSA) is 116 Å². The summed E-state index contributed by atoms with van der Waals surface area (Å²) < 4.78 is 10.2. The molecule has 0 heterocycles. The fraction of sp³-hybridized carbons (Fsp3) is 0.304. The maximum absolute atomic E-state index is 12.8. The van der Waals surface area contributed by atoms with Gasteiger partial charge in [0, 0.05) is 16.3 Å². The Kier molecular flexibility index (Phi) is 9.22. The van der Waals surface area contributed by atoms with Crippen LogP contribution in [-0.4, -0.2) is 46.8 Å². The lowest BCUT2D eigenvalue weighted by molar-refractivity contribution is -0.726. The van der Waals surface area contributed by atoms with Gasteiger partial charge in [0.15, 0.2) is 0 Å². The molecule has 0 fully saturated rings. The summed E-state index contributed by atoms with van der Waals surface area (Å²) in [4.78, 5) is 37.1. The van der Waals surface area contributed by atoms with Crippen molar-refractivity contribution in [1.29, 1.82) is 0 Å². The third-order valence-electron chi connectivity index (χ3n) is 4.70. The normalized spacial score (nSPS) is 13.5. The second-order valence-electron chi connectivity index (χ2n) is 6.90. The van der Waals surface area contributed by atoms with E-state index in [4.69, 9.17) is 21.1 Å². The summed E-state index contributed by atoms with van der Waals surface area (Å²) in [6, 6.07) is 15.1. The molecule has 2 aromatic rings. The van der Waals surface area contributed by atoms with Crippen molar-refractivity contribution >= 4 is 35.0 Å². The van der Waals surface area contributed by atoms with E-state index in [1.54, 1.807) is 13.0 Å². The fourth-order valence-electron chi connectivity index (χ4n) is 3.28. The molecule has 2 rings (SSSR count). The summed E-state index contributed by atoms with van der Waals surface area (Å²) in [6.45, 7) is 2.57. The van der Waals surface area contributed by atoms with Gasteiger partial charge < -0.3 is 14.7 Å². The average Bonchev–Trinajstić information content (AvgIpc) is 2.73. The molecule has 0 aromatic heterocycles. The van der Waals surface area contributed by atoms with E-state index in [1.165, 1.54) is 18.2 Å². The van der Waals surface area contributed by atoms with E-state index in [2.05, 4.69) is 0 Å². The maximum Gasteiger partial charge on any atom is 0.405 e. The van der Waals surface area contributed by atoms with Crippen molar-refractivity contribution in [1.82, 2.24) is 0 Å². The van der Waals surface area contributed by atoms with Gasteiger partial charge in [-0.05, 0) is 37.1 Å². The highest BCUT2D eigenvalue weighted by Crippen LogP contribution is 2.31. The number of ether oxygens (including phenoxy) is 2. The minimum atomic E-state index is -1.58. The van der Waals surface area contributed by atoms with Crippen molar-refractivity contribution in [3.05, 3.63) is 76.0 Å². The molecule has 0 spiro atoms. The number of nitrogens with zero attached hydrogens (tertiary/aromatic N) is 1. The smallest absolute Gasteiger partial charge is 0.405 e. The van der Waals surface area contributed by atoms with Crippen molar-refractivity contribution < 1.29 is 34.0 Å². The lowest BCUT2D eigenvalue weighted by Crippen LogP contribution is -2.41. The summed E-state index contributed by atoms with van der Waals surface area (Å²) in [6.07, 6.45) is 0.361. The van der Waals surface area contributed by atoms with E-state index in [9.17, 15) is 24.8 Å². The van der Waals surface area contributed by atoms with E-state index < -0.39 is 40.2 Å². The molecule has 0 radical (unpaired) electrons. The number of carbonyl (C=O) groups excluding carboxylic acids is 3. The number of ketones is 1. The predicted octanol–water partition coefficient (Wildman–Crippen LogP) is 3.32. The van der Waals surface area contributed by atoms with E-state index in [0.29, 0.717) is 6.42 Å². The van der Waals surface area contributed by atoms with E-state index in [0.717, 1.165) is 12.5 Å². The SMILES string of the molecule is CCOC(=O)C(C(C)=O)C(/C(C(=O)OCCc1ccccc1)=[N+](/[O-])O)c1cccc(Cl)c1. The first-order chi connectivity index (χ1) is 15.3. The van der Waals surface area contributed by atoms with Gasteiger partial charge in [0.05, 0.1) is 13.2 Å². The quantitative estimate of drug-likeness (QED) is 0.144. The number of Topliss-reactive ketones (excluding diaryl/α,β-unsaturated/α-hetero) is 1. The molecule has 0 bridgehead atoms. The number of rotatable bonds is 10. The molecule has 32 heavy (non-hydrogen) atoms. The Bertz CT molecular complexity index is 987. The Balaban J connectivity index is 2.43. The second-order valence-corrected chi connectivity index (χ2v) is 7.34. The molecule has 170 valence electrons. The van der Waals surface area contributed by atoms with Crippen LogP contribution in [0.5, 0.6) is 0 Å². The van der Waals surface area contributed by atoms with Gasteiger partial charge in [-0.15, -0.1) is 0 Å². The molecule has 0 aliphatic rings. The predicted molar refractivity (Wildman–Crippen MR) is 117 cm³/mol. The highest BCUT2D eigenvalue weighted by Gasteiger charge is 2.46. The van der Waals surface area contributed by atoms with Crippen LogP contribution in [0, 0.1) is 11.1 Å². The van der Waals surface area contributed by atoms with Crippen LogP contribution in [0.1, 0.15) is 30.9 Å². The van der Waals surface area contributed by atoms with Crippen molar-refractivity contribution in [3.63, 3.8) is 0 Å². The molecule has 2 unspecified atom stereocenters. The minimum Gasteiger partial charge on any atom is -0.465 e. The first kappa shape index (κ1) is 24.9. The Morgan fingerprint density at radius 1 is 1.09 bits per heavy atom. The van der Waals surface area contributed by atoms with Crippen LogP contribution in [-0.2, 0) is 30.3 Å². The van der Waals surface area contributed by atoms with Crippen LogP contribution in [0.25, 0.3) is 0 Å². The molecule has 0 saturated heterocycles. The average molecular weight is 462 g/mol. The first-order valence-electron chi connectivity index (χ1n) is 9.92. The van der Waals surface area contributed by atoms with Gasteiger partial charge in [-0.25, -0.2) is 4.79 Å². The Morgan fingerprint density at radius 2 is 1.78 bits per heavy atom. The van der Waals surface area contributed by atoms with Crippen LogP contribution >= 0.6 is 11.6 Å². The van der Waals surface area contributed by atoms with Crippen LogP contribution in [0.15, 0.2) is 54.6 Å². The monoisotopic (exact) mass is 461 g/mol. The van der Waals surface area contributed by atoms with Gasteiger partial charge >= 0.3 is 17.7 Å². The lowest BCUT2D eigenvalue weighted by Gasteiger charge is -2.22. The molecule has 2 atom stereocenters. The van der Waals surface area contributed by atoms with Gasteiger partial charge in [-0.3, -0.25) is 14.8 Å². The Hall–Kier alpha value is -3.39. The fourth-order valence-corrected chi connectivity index (χ4v) is 3.48. The zero-order valence-corrected chi connectivity index (χ0v) is 18.4. The Morgan fingerprint density at radius 3 is 2.34 bits per heavy atom. The molecule has 0 aliphatic carbocycles. The van der Waals surface area contributed by atoms with Gasteiger partial charge in [-0.1, -0.05) is 54.1 Å². The zero-order valence-electron chi connectivity index (χ0n) is 17.7. The highest BCUT2D eigenvalue weighted by molar-refractivity contribution is 6.37.